The zero-order chi connectivity index (χ0) is 13.4. The van der Waals surface area contributed by atoms with Crippen molar-refractivity contribution in [1.82, 2.24) is 0 Å². The highest BCUT2D eigenvalue weighted by Gasteiger charge is 2.27. The second-order valence-corrected chi connectivity index (χ2v) is 4.99. The Kier molecular flexibility index (Phi) is 2.90. The Morgan fingerprint density at radius 2 is 2.00 bits per heavy atom. The number of benzene rings is 2. The Balaban J connectivity index is 1.95. The lowest BCUT2D eigenvalue weighted by Crippen LogP contribution is -2.22. The van der Waals surface area contributed by atoms with E-state index < -0.39 is 0 Å². The van der Waals surface area contributed by atoms with Crippen LogP contribution in [0.15, 0.2) is 42.5 Å². The predicted molar refractivity (Wildman–Crippen MR) is 74.0 cm³/mol. The van der Waals surface area contributed by atoms with E-state index in [1.165, 1.54) is 6.07 Å². The first-order valence-corrected chi connectivity index (χ1v) is 6.46. The summed E-state index contributed by atoms with van der Waals surface area (Å²) < 4.78 is 13.3. The van der Waals surface area contributed by atoms with E-state index in [0.717, 1.165) is 29.7 Å². The summed E-state index contributed by atoms with van der Waals surface area (Å²) in [7, 11) is 1.97. The molecule has 1 aliphatic carbocycles. The number of phenolic OH excluding ortho intramolecular Hbond substituents is 1. The van der Waals surface area contributed by atoms with Crippen molar-refractivity contribution < 1.29 is 9.50 Å². The maximum absolute atomic E-state index is 13.3. The van der Waals surface area contributed by atoms with Crippen molar-refractivity contribution in [3.8, 4) is 5.75 Å². The molecule has 0 spiro atoms. The Labute approximate surface area is 112 Å². The molecule has 1 aliphatic rings. The van der Waals surface area contributed by atoms with Gasteiger partial charge in [-0.1, -0.05) is 18.2 Å². The summed E-state index contributed by atoms with van der Waals surface area (Å²) in [6, 6.07) is 12.5. The standard InChI is InChI=1S/C16H16FNO/c1-18(12-5-2-4-11(17)10-12)15-9-8-14-13(15)6-3-7-16(14)19/h2-7,10,15,19H,8-9H2,1H3. The number of nitrogens with zero attached hydrogens (tertiary/aromatic N) is 1. The van der Waals surface area contributed by atoms with E-state index in [2.05, 4.69) is 4.90 Å². The highest BCUT2D eigenvalue weighted by Crippen LogP contribution is 2.40. The summed E-state index contributed by atoms with van der Waals surface area (Å²) in [5.41, 5.74) is 3.03. The fraction of sp³-hybridized carbons (Fsp3) is 0.250. The molecule has 0 heterocycles. The van der Waals surface area contributed by atoms with Gasteiger partial charge in [0, 0.05) is 12.7 Å². The fourth-order valence-electron chi connectivity index (χ4n) is 2.89. The van der Waals surface area contributed by atoms with Crippen molar-refractivity contribution in [2.75, 3.05) is 11.9 Å². The van der Waals surface area contributed by atoms with Gasteiger partial charge in [0.25, 0.3) is 0 Å². The molecule has 2 aromatic rings. The van der Waals surface area contributed by atoms with Crippen molar-refractivity contribution in [3.63, 3.8) is 0 Å². The largest absolute Gasteiger partial charge is 0.508 e. The number of halogens is 1. The first-order chi connectivity index (χ1) is 9.16. The molecule has 0 amide bonds. The molecule has 2 nitrogen and oxygen atoms in total. The van der Waals surface area contributed by atoms with Gasteiger partial charge < -0.3 is 10.0 Å². The molecule has 0 radical (unpaired) electrons. The normalized spacial score (nSPS) is 17.3. The SMILES string of the molecule is CN(c1cccc(F)c1)C1CCc2c(O)cccc21. The maximum atomic E-state index is 13.3. The number of aromatic hydroxyl groups is 1. The van der Waals surface area contributed by atoms with Gasteiger partial charge in [-0.25, -0.2) is 4.39 Å². The Morgan fingerprint density at radius 3 is 2.79 bits per heavy atom. The van der Waals surface area contributed by atoms with Gasteiger partial charge in [-0.3, -0.25) is 0 Å². The zero-order valence-electron chi connectivity index (χ0n) is 10.8. The van der Waals surface area contributed by atoms with E-state index in [9.17, 15) is 9.50 Å². The summed E-state index contributed by atoms with van der Waals surface area (Å²) >= 11 is 0. The van der Waals surface area contributed by atoms with Crippen LogP contribution in [0.2, 0.25) is 0 Å². The average Bonchev–Trinajstić information content (AvgIpc) is 2.83. The molecule has 0 saturated carbocycles. The molecule has 0 fully saturated rings. The fourth-order valence-corrected chi connectivity index (χ4v) is 2.89. The summed E-state index contributed by atoms with van der Waals surface area (Å²) in [4.78, 5) is 2.08. The second kappa shape index (κ2) is 4.57. The van der Waals surface area contributed by atoms with Crippen molar-refractivity contribution in [2.45, 2.75) is 18.9 Å². The van der Waals surface area contributed by atoms with Crippen LogP contribution in [0.5, 0.6) is 5.75 Å². The Hall–Kier alpha value is -2.03. The third kappa shape index (κ3) is 2.05. The zero-order valence-corrected chi connectivity index (χ0v) is 10.8. The lowest BCUT2D eigenvalue weighted by Gasteiger charge is -2.27. The molecule has 0 bridgehead atoms. The van der Waals surface area contributed by atoms with E-state index in [-0.39, 0.29) is 11.9 Å². The van der Waals surface area contributed by atoms with Gasteiger partial charge in [0.15, 0.2) is 0 Å². The van der Waals surface area contributed by atoms with Gasteiger partial charge >= 0.3 is 0 Å². The van der Waals surface area contributed by atoms with Crippen LogP contribution in [0.25, 0.3) is 0 Å². The summed E-state index contributed by atoms with van der Waals surface area (Å²) in [5.74, 6) is 0.145. The monoisotopic (exact) mass is 257 g/mol. The van der Waals surface area contributed by atoms with Crippen LogP contribution < -0.4 is 4.90 Å². The molecule has 1 atom stereocenters. The molecule has 2 aromatic carbocycles. The molecule has 1 N–H and O–H groups in total. The molecule has 98 valence electrons. The quantitative estimate of drug-likeness (QED) is 0.887. The Morgan fingerprint density at radius 1 is 1.21 bits per heavy atom. The average molecular weight is 257 g/mol. The number of hydrogen-bond donors (Lipinski definition) is 1. The second-order valence-electron chi connectivity index (χ2n) is 4.99. The van der Waals surface area contributed by atoms with Crippen LogP contribution in [-0.2, 0) is 6.42 Å². The topological polar surface area (TPSA) is 23.5 Å². The number of rotatable bonds is 2. The van der Waals surface area contributed by atoms with Crippen LogP contribution in [0.1, 0.15) is 23.6 Å². The van der Waals surface area contributed by atoms with Crippen LogP contribution in [0.3, 0.4) is 0 Å². The minimum atomic E-state index is -0.224. The Bertz CT molecular complexity index is 611. The van der Waals surface area contributed by atoms with Gasteiger partial charge in [0.1, 0.15) is 11.6 Å². The summed E-state index contributed by atoms with van der Waals surface area (Å²) in [6.07, 6.45) is 1.81. The summed E-state index contributed by atoms with van der Waals surface area (Å²) in [6.45, 7) is 0. The number of phenols is 1. The van der Waals surface area contributed by atoms with E-state index in [4.69, 9.17) is 0 Å². The third-order valence-electron chi connectivity index (χ3n) is 3.90. The van der Waals surface area contributed by atoms with Gasteiger partial charge in [0.05, 0.1) is 6.04 Å². The highest BCUT2D eigenvalue weighted by molar-refractivity contribution is 5.53. The molecule has 3 heteroatoms. The summed E-state index contributed by atoms with van der Waals surface area (Å²) in [5, 5.41) is 9.87. The van der Waals surface area contributed by atoms with Gasteiger partial charge in [-0.2, -0.15) is 0 Å². The molecule has 1 unspecified atom stereocenters. The predicted octanol–water partition coefficient (Wildman–Crippen LogP) is 3.66. The lowest BCUT2D eigenvalue weighted by molar-refractivity contribution is 0.469. The molecule has 3 rings (SSSR count). The number of fused-ring (bicyclic) bond motifs is 1. The minimum absolute atomic E-state index is 0.198. The third-order valence-corrected chi connectivity index (χ3v) is 3.90. The smallest absolute Gasteiger partial charge is 0.125 e. The molecule has 19 heavy (non-hydrogen) atoms. The first kappa shape index (κ1) is 12.0. The van der Waals surface area contributed by atoms with Gasteiger partial charge in [-0.05, 0) is 48.2 Å². The van der Waals surface area contributed by atoms with Crippen molar-refractivity contribution >= 4 is 5.69 Å². The van der Waals surface area contributed by atoms with Crippen LogP contribution in [-0.4, -0.2) is 12.2 Å². The molecule has 0 saturated heterocycles. The van der Waals surface area contributed by atoms with Crippen LogP contribution in [0.4, 0.5) is 10.1 Å². The number of hydrogen-bond acceptors (Lipinski definition) is 2. The molecular formula is C16H16FNO. The van der Waals surface area contributed by atoms with Crippen molar-refractivity contribution in [2.24, 2.45) is 0 Å². The first-order valence-electron chi connectivity index (χ1n) is 6.46. The van der Waals surface area contributed by atoms with Gasteiger partial charge in [-0.15, -0.1) is 0 Å². The molecule has 0 aromatic heterocycles. The molecular weight excluding hydrogens is 241 g/mol. The lowest BCUT2D eigenvalue weighted by atomic mass is 10.1. The molecule has 0 aliphatic heterocycles. The van der Waals surface area contributed by atoms with Crippen molar-refractivity contribution in [3.05, 3.63) is 59.4 Å². The highest BCUT2D eigenvalue weighted by atomic mass is 19.1. The maximum Gasteiger partial charge on any atom is 0.125 e. The van der Waals surface area contributed by atoms with E-state index >= 15 is 0 Å². The minimum Gasteiger partial charge on any atom is -0.508 e. The van der Waals surface area contributed by atoms with E-state index in [0.29, 0.717) is 5.75 Å². The number of anilines is 1. The van der Waals surface area contributed by atoms with Crippen LogP contribution in [0, 0.1) is 5.82 Å². The van der Waals surface area contributed by atoms with E-state index in [1.807, 2.05) is 25.2 Å². The van der Waals surface area contributed by atoms with E-state index in [1.54, 1.807) is 18.2 Å². The van der Waals surface area contributed by atoms with Crippen LogP contribution >= 0.6 is 0 Å². The van der Waals surface area contributed by atoms with Crippen molar-refractivity contribution in [1.29, 1.82) is 0 Å². The van der Waals surface area contributed by atoms with Gasteiger partial charge in [0.2, 0.25) is 0 Å².